The van der Waals surface area contributed by atoms with Gasteiger partial charge in [-0.2, -0.15) is 0 Å². The average Bonchev–Trinajstić information content (AvgIpc) is 3.24. The van der Waals surface area contributed by atoms with Gasteiger partial charge in [0.05, 0.1) is 13.2 Å². The number of amides is 2. The molecule has 0 radical (unpaired) electrons. The fourth-order valence-electron chi connectivity index (χ4n) is 6.71. The third-order valence-corrected chi connectivity index (χ3v) is 8.17. The second-order valence-electron chi connectivity index (χ2n) is 10.3. The zero-order chi connectivity index (χ0) is 23.1. The molecule has 2 amide bonds. The Bertz CT molecular complexity index is 885. The molecule has 3 N–H and O–H groups in total. The number of primary amides is 1. The van der Waals surface area contributed by atoms with Crippen LogP contribution in [0.3, 0.4) is 0 Å². The number of methoxy groups -OCH3 is 1. The van der Waals surface area contributed by atoms with Gasteiger partial charge >= 0.3 is 0 Å². The number of hydrogen-bond acceptors (Lipinski definition) is 5. The van der Waals surface area contributed by atoms with Crippen LogP contribution in [0.5, 0.6) is 11.5 Å². The number of nitrogens with two attached hydrogens (primary N) is 1. The first-order valence-electron chi connectivity index (χ1n) is 11.7. The maximum atomic E-state index is 12.6. The molecule has 1 aromatic carbocycles. The van der Waals surface area contributed by atoms with E-state index in [1.807, 2.05) is 25.1 Å². The van der Waals surface area contributed by atoms with Crippen molar-refractivity contribution >= 4 is 11.8 Å². The second kappa shape index (κ2) is 8.58. The van der Waals surface area contributed by atoms with Crippen LogP contribution in [-0.4, -0.2) is 38.2 Å². The predicted molar refractivity (Wildman–Crippen MR) is 120 cm³/mol. The van der Waals surface area contributed by atoms with E-state index in [-0.39, 0.29) is 35.5 Å². The molecule has 7 nitrogen and oxygen atoms in total. The van der Waals surface area contributed by atoms with Crippen molar-refractivity contribution in [3.63, 3.8) is 0 Å². The molecule has 2 saturated carbocycles. The molecular weight excluding hydrogens is 408 g/mol. The van der Waals surface area contributed by atoms with Gasteiger partial charge < -0.3 is 25.3 Å². The summed E-state index contributed by atoms with van der Waals surface area (Å²) >= 11 is 0. The van der Waals surface area contributed by atoms with Crippen molar-refractivity contribution in [2.24, 2.45) is 28.4 Å². The quantitative estimate of drug-likeness (QED) is 0.640. The lowest BCUT2D eigenvalue weighted by molar-refractivity contribution is -0.137. The van der Waals surface area contributed by atoms with Gasteiger partial charge in [0, 0.05) is 19.1 Å². The number of fused-ring (bicyclic) bond motifs is 1. The molecule has 7 heteroatoms. The molecule has 3 fully saturated rings. The van der Waals surface area contributed by atoms with Crippen LogP contribution in [0.15, 0.2) is 18.2 Å². The summed E-state index contributed by atoms with van der Waals surface area (Å²) in [5.74, 6) is 1.57. The van der Waals surface area contributed by atoms with Gasteiger partial charge in [0.2, 0.25) is 5.91 Å². The lowest BCUT2D eigenvalue weighted by Gasteiger charge is -2.53. The SMILES string of the molecule is CCCC(=O)N[C@@H]1C(C)(C)[C@@H]2C[C@@H]3[C@@H](c4ccc(OCC(N)=O)c(OC)c4)OCCC31C2. The summed E-state index contributed by atoms with van der Waals surface area (Å²) < 4.78 is 17.4. The van der Waals surface area contributed by atoms with Crippen LogP contribution >= 0.6 is 0 Å². The summed E-state index contributed by atoms with van der Waals surface area (Å²) in [6.07, 6.45) is 4.58. The number of ether oxygens (including phenoxy) is 3. The Hall–Kier alpha value is -2.28. The molecule has 1 spiro atoms. The predicted octanol–water partition coefficient (Wildman–Crippen LogP) is 3.36. The zero-order valence-electron chi connectivity index (χ0n) is 19.6. The van der Waals surface area contributed by atoms with Gasteiger partial charge in [0.25, 0.3) is 5.91 Å². The monoisotopic (exact) mass is 444 g/mol. The number of rotatable bonds is 8. The number of carbonyl (C=O) groups is 2. The van der Waals surface area contributed by atoms with Gasteiger partial charge in [0.15, 0.2) is 18.1 Å². The highest BCUT2D eigenvalue weighted by Gasteiger charge is 2.68. The first-order chi connectivity index (χ1) is 15.2. The second-order valence-corrected chi connectivity index (χ2v) is 10.3. The highest BCUT2D eigenvalue weighted by molar-refractivity contribution is 5.76. The average molecular weight is 445 g/mol. The number of carbonyl (C=O) groups excluding carboxylic acids is 2. The van der Waals surface area contributed by atoms with E-state index in [0.717, 1.165) is 31.2 Å². The van der Waals surface area contributed by atoms with Gasteiger partial charge in [-0.25, -0.2) is 0 Å². The van der Waals surface area contributed by atoms with Gasteiger partial charge in [-0.3, -0.25) is 9.59 Å². The van der Waals surface area contributed by atoms with Crippen LogP contribution in [0.25, 0.3) is 0 Å². The molecule has 32 heavy (non-hydrogen) atoms. The highest BCUT2D eigenvalue weighted by atomic mass is 16.5. The van der Waals surface area contributed by atoms with Crippen LogP contribution < -0.4 is 20.5 Å². The standard InChI is InChI=1S/C25H36N2O5/c1-5-6-21(29)27-23-24(2,3)16-12-17-22(31-10-9-25(17,23)13-16)15-7-8-18(19(11-15)30-4)32-14-20(26)28/h7-8,11,16-17,22-23H,5-6,9-10,12-14H2,1-4H3,(H2,26,28)(H,27,29)/t16-,17-,22-,23-,25?/m1/s1. The van der Waals surface area contributed by atoms with E-state index in [1.54, 1.807) is 7.11 Å². The van der Waals surface area contributed by atoms with E-state index in [0.29, 0.717) is 36.4 Å². The van der Waals surface area contributed by atoms with E-state index in [9.17, 15) is 9.59 Å². The highest BCUT2D eigenvalue weighted by Crippen LogP contribution is 2.70. The summed E-state index contributed by atoms with van der Waals surface area (Å²) in [7, 11) is 1.58. The van der Waals surface area contributed by atoms with E-state index in [1.165, 1.54) is 0 Å². The van der Waals surface area contributed by atoms with Crippen molar-refractivity contribution in [1.29, 1.82) is 0 Å². The fourth-order valence-corrected chi connectivity index (χ4v) is 6.71. The Morgan fingerprint density at radius 1 is 1.28 bits per heavy atom. The molecule has 1 aliphatic heterocycles. The summed E-state index contributed by atoms with van der Waals surface area (Å²) in [6, 6.07) is 5.91. The summed E-state index contributed by atoms with van der Waals surface area (Å²) in [6.45, 7) is 7.15. The largest absolute Gasteiger partial charge is 0.493 e. The van der Waals surface area contributed by atoms with Crippen molar-refractivity contribution in [2.75, 3.05) is 20.3 Å². The number of benzene rings is 1. The van der Waals surface area contributed by atoms with E-state index in [2.05, 4.69) is 19.2 Å². The Labute approximate surface area is 190 Å². The Kier molecular flexibility index (Phi) is 6.14. The van der Waals surface area contributed by atoms with Crippen LogP contribution in [0.1, 0.15) is 64.5 Å². The molecule has 1 aromatic rings. The molecule has 2 bridgehead atoms. The van der Waals surface area contributed by atoms with Gasteiger partial charge in [-0.1, -0.05) is 26.8 Å². The van der Waals surface area contributed by atoms with Gasteiger partial charge in [-0.05, 0) is 66.0 Å². The Morgan fingerprint density at radius 2 is 2.06 bits per heavy atom. The first-order valence-corrected chi connectivity index (χ1v) is 11.7. The summed E-state index contributed by atoms with van der Waals surface area (Å²) in [5.41, 5.74) is 6.37. The molecular formula is C25H36N2O5. The van der Waals surface area contributed by atoms with Crippen molar-refractivity contribution in [3.8, 4) is 11.5 Å². The molecule has 5 atom stereocenters. The van der Waals surface area contributed by atoms with Crippen molar-refractivity contribution in [1.82, 2.24) is 5.32 Å². The molecule has 1 heterocycles. The molecule has 1 saturated heterocycles. The molecule has 3 aliphatic rings. The van der Waals surface area contributed by atoms with E-state index < -0.39 is 5.91 Å². The minimum Gasteiger partial charge on any atom is -0.493 e. The lowest BCUT2D eigenvalue weighted by atomic mass is 9.59. The molecule has 1 unspecified atom stereocenters. The van der Waals surface area contributed by atoms with Crippen molar-refractivity contribution < 1.29 is 23.8 Å². The number of nitrogens with one attached hydrogen (secondary N) is 1. The number of hydrogen-bond donors (Lipinski definition) is 2. The molecule has 2 aliphatic carbocycles. The normalized spacial score (nSPS) is 32.2. The smallest absolute Gasteiger partial charge is 0.255 e. The van der Waals surface area contributed by atoms with Crippen LogP contribution in [-0.2, 0) is 14.3 Å². The molecule has 4 rings (SSSR count). The van der Waals surface area contributed by atoms with Crippen LogP contribution in [0.4, 0.5) is 0 Å². The zero-order valence-corrected chi connectivity index (χ0v) is 19.6. The van der Waals surface area contributed by atoms with Crippen LogP contribution in [0.2, 0.25) is 0 Å². The third-order valence-electron chi connectivity index (χ3n) is 8.17. The topological polar surface area (TPSA) is 99.9 Å². The van der Waals surface area contributed by atoms with Gasteiger partial charge in [-0.15, -0.1) is 0 Å². The Morgan fingerprint density at radius 3 is 2.75 bits per heavy atom. The fraction of sp³-hybridized carbons (Fsp3) is 0.680. The molecule has 176 valence electrons. The summed E-state index contributed by atoms with van der Waals surface area (Å²) in [5, 5.41) is 3.44. The minimum atomic E-state index is -0.533. The first kappa shape index (κ1) is 22.9. The lowest BCUT2D eigenvalue weighted by Crippen LogP contribution is -2.58. The van der Waals surface area contributed by atoms with E-state index >= 15 is 0 Å². The van der Waals surface area contributed by atoms with Gasteiger partial charge in [0.1, 0.15) is 0 Å². The maximum Gasteiger partial charge on any atom is 0.255 e. The van der Waals surface area contributed by atoms with Crippen molar-refractivity contribution in [2.45, 2.75) is 65.0 Å². The van der Waals surface area contributed by atoms with Crippen molar-refractivity contribution in [3.05, 3.63) is 23.8 Å². The molecule has 0 aromatic heterocycles. The maximum absolute atomic E-state index is 12.6. The Balaban J connectivity index is 1.62. The van der Waals surface area contributed by atoms with E-state index in [4.69, 9.17) is 19.9 Å². The van der Waals surface area contributed by atoms with Crippen LogP contribution in [0, 0.1) is 22.7 Å². The summed E-state index contributed by atoms with van der Waals surface area (Å²) in [4.78, 5) is 23.7. The minimum absolute atomic E-state index is 0.0505. The third kappa shape index (κ3) is 3.74.